The van der Waals surface area contributed by atoms with Crippen molar-refractivity contribution in [3.05, 3.63) is 0 Å². The van der Waals surface area contributed by atoms with Crippen LogP contribution in [0.25, 0.3) is 0 Å². The molecule has 0 bridgehead atoms. The van der Waals surface area contributed by atoms with Crippen molar-refractivity contribution in [2.24, 2.45) is 5.92 Å². The van der Waals surface area contributed by atoms with Crippen molar-refractivity contribution in [1.29, 1.82) is 0 Å². The van der Waals surface area contributed by atoms with Crippen LogP contribution in [-0.2, 0) is 0 Å². The molecule has 1 saturated heterocycles. The predicted octanol–water partition coefficient (Wildman–Crippen LogP) is 1.17. The monoisotopic (exact) mass is 226 g/mol. The molecule has 0 aromatic rings. The minimum absolute atomic E-state index is 0.0426. The molecular formula is C13H26N2O. The molecular weight excluding hydrogens is 200 g/mol. The Bertz CT molecular complexity index is 224. The molecule has 2 fully saturated rings. The van der Waals surface area contributed by atoms with Gasteiger partial charge in [-0.3, -0.25) is 0 Å². The second-order valence-electron chi connectivity index (χ2n) is 5.88. The van der Waals surface area contributed by atoms with E-state index in [1.165, 1.54) is 25.8 Å². The van der Waals surface area contributed by atoms with Gasteiger partial charge in [-0.05, 0) is 46.2 Å². The summed E-state index contributed by atoms with van der Waals surface area (Å²) in [5, 5.41) is 9.85. The summed E-state index contributed by atoms with van der Waals surface area (Å²) in [5.41, 5.74) is 0. The third-order valence-corrected chi connectivity index (χ3v) is 4.63. The van der Waals surface area contributed by atoms with Crippen LogP contribution in [0, 0.1) is 5.92 Å². The molecule has 16 heavy (non-hydrogen) atoms. The van der Waals surface area contributed by atoms with Crippen LogP contribution in [0.2, 0.25) is 0 Å². The van der Waals surface area contributed by atoms with Crippen molar-refractivity contribution in [1.82, 2.24) is 9.80 Å². The summed E-state index contributed by atoms with van der Waals surface area (Å²) in [6.45, 7) is 4.56. The van der Waals surface area contributed by atoms with Crippen molar-refractivity contribution in [3.8, 4) is 0 Å². The Hall–Kier alpha value is -0.120. The minimum Gasteiger partial charge on any atom is -0.393 e. The molecule has 0 spiro atoms. The van der Waals surface area contributed by atoms with E-state index in [0.717, 1.165) is 13.0 Å². The van der Waals surface area contributed by atoms with E-state index in [9.17, 15) is 5.11 Å². The zero-order valence-corrected chi connectivity index (χ0v) is 10.9. The summed E-state index contributed by atoms with van der Waals surface area (Å²) >= 11 is 0. The van der Waals surface area contributed by atoms with Gasteiger partial charge >= 0.3 is 0 Å². The molecule has 4 unspecified atom stereocenters. The molecule has 1 saturated carbocycles. The number of hydrogen-bond acceptors (Lipinski definition) is 3. The molecule has 1 heterocycles. The van der Waals surface area contributed by atoms with Gasteiger partial charge in [0.2, 0.25) is 0 Å². The molecule has 0 amide bonds. The van der Waals surface area contributed by atoms with Gasteiger partial charge in [-0.2, -0.15) is 0 Å². The minimum atomic E-state index is -0.0426. The lowest BCUT2D eigenvalue weighted by Crippen LogP contribution is -2.38. The first kappa shape index (κ1) is 12.3. The first-order chi connectivity index (χ1) is 7.58. The van der Waals surface area contributed by atoms with Gasteiger partial charge in [-0.1, -0.05) is 6.42 Å². The molecule has 1 aliphatic carbocycles. The Morgan fingerprint density at radius 2 is 2.12 bits per heavy atom. The number of aliphatic hydroxyl groups excluding tert-OH is 1. The van der Waals surface area contributed by atoms with Crippen LogP contribution >= 0.6 is 0 Å². The van der Waals surface area contributed by atoms with E-state index in [4.69, 9.17) is 0 Å². The highest BCUT2D eigenvalue weighted by molar-refractivity contribution is 4.88. The lowest BCUT2D eigenvalue weighted by Gasteiger charge is -2.28. The smallest absolute Gasteiger partial charge is 0.0580 e. The van der Waals surface area contributed by atoms with E-state index in [2.05, 4.69) is 30.8 Å². The Labute approximate surface area is 99.4 Å². The summed E-state index contributed by atoms with van der Waals surface area (Å²) in [7, 11) is 4.44. The quantitative estimate of drug-likeness (QED) is 0.782. The van der Waals surface area contributed by atoms with Gasteiger partial charge in [-0.25, -0.2) is 0 Å². The molecule has 0 radical (unpaired) electrons. The highest BCUT2D eigenvalue weighted by Crippen LogP contribution is 2.28. The molecule has 3 nitrogen and oxygen atoms in total. The number of likely N-dealkylation sites (tertiary alicyclic amines) is 1. The maximum Gasteiger partial charge on any atom is 0.0580 e. The summed E-state index contributed by atoms with van der Waals surface area (Å²) < 4.78 is 0. The van der Waals surface area contributed by atoms with Crippen LogP contribution in [0.5, 0.6) is 0 Å². The summed E-state index contributed by atoms with van der Waals surface area (Å²) in [4.78, 5) is 4.91. The second-order valence-corrected chi connectivity index (χ2v) is 5.88. The lowest BCUT2D eigenvalue weighted by atomic mass is 10.0. The fraction of sp³-hybridized carbons (Fsp3) is 1.00. The Morgan fingerprint density at radius 3 is 2.62 bits per heavy atom. The van der Waals surface area contributed by atoms with Gasteiger partial charge in [-0.15, -0.1) is 0 Å². The Balaban J connectivity index is 1.81. The van der Waals surface area contributed by atoms with Crippen LogP contribution in [0.3, 0.4) is 0 Å². The van der Waals surface area contributed by atoms with Gasteiger partial charge in [0.1, 0.15) is 0 Å². The maximum atomic E-state index is 9.85. The topological polar surface area (TPSA) is 26.7 Å². The van der Waals surface area contributed by atoms with Crippen molar-refractivity contribution in [2.45, 2.75) is 50.8 Å². The van der Waals surface area contributed by atoms with E-state index in [1.807, 2.05) is 0 Å². The van der Waals surface area contributed by atoms with Crippen LogP contribution in [-0.4, -0.2) is 60.3 Å². The third-order valence-electron chi connectivity index (χ3n) is 4.63. The van der Waals surface area contributed by atoms with E-state index in [0.29, 0.717) is 18.0 Å². The highest BCUT2D eigenvalue weighted by Gasteiger charge is 2.32. The van der Waals surface area contributed by atoms with Crippen molar-refractivity contribution in [2.75, 3.05) is 27.2 Å². The molecule has 94 valence electrons. The molecule has 0 aromatic carbocycles. The summed E-state index contributed by atoms with van der Waals surface area (Å²) in [6, 6.07) is 1.40. The van der Waals surface area contributed by atoms with Gasteiger partial charge in [0.25, 0.3) is 0 Å². The van der Waals surface area contributed by atoms with Crippen molar-refractivity contribution < 1.29 is 5.11 Å². The molecule has 4 atom stereocenters. The van der Waals surface area contributed by atoms with Crippen LogP contribution in [0.4, 0.5) is 0 Å². The van der Waals surface area contributed by atoms with Crippen LogP contribution in [0.15, 0.2) is 0 Å². The first-order valence-corrected chi connectivity index (χ1v) is 6.66. The SMILES string of the molecule is CC1CC(N(C)CC2CCCC2O)CN1C. The van der Waals surface area contributed by atoms with Gasteiger partial charge in [0, 0.05) is 25.2 Å². The average molecular weight is 226 g/mol. The van der Waals surface area contributed by atoms with Gasteiger partial charge in [0.05, 0.1) is 6.10 Å². The van der Waals surface area contributed by atoms with Crippen molar-refractivity contribution >= 4 is 0 Å². The number of nitrogens with zero attached hydrogens (tertiary/aromatic N) is 2. The Kier molecular flexibility index (Phi) is 3.88. The molecule has 2 rings (SSSR count). The molecule has 0 aromatic heterocycles. The summed E-state index contributed by atoms with van der Waals surface area (Å²) in [6.07, 6.45) is 4.67. The first-order valence-electron chi connectivity index (χ1n) is 6.66. The zero-order valence-electron chi connectivity index (χ0n) is 10.9. The zero-order chi connectivity index (χ0) is 11.7. The van der Waals surface area contributed by atoms with Gasteiger partial charge < -0.3 is 14.9 Å². The number of rotatable bonds is 3. The molecule has 3 heteroatoms. The molecule has 2 aliphatic rings. The highest BCUT2D eigenvalue weighted by atomic mass is 16.3. The fourth-order valence-electron chi connectivity index (χ4n) is 3.23. The fourth-order valence-corrected chi connectivity index (χ4v) is 3.23. The second kappa shape index (κ2) is 5.03. The van der Waals surface area contributed by atoms with Crippen LogP contribution < -0.4 is 0 Å². The standard InChI is InChI=1S/C13H26N2O/c1-10-7-12(9-14(10)2)15(3)8-11-5-4-6-13(11)16/h10-13,16H,4-9H2,1-3H3. The molecule has 1 N–H and O–H groups in total. The summed E-state index contributed by atoms with van der Waals surface area (Å²) in [5.74, 6) is 0.520. The van der Waals surface area contributed by atoms with E-state index in [-0.39, 0.29) is 6.10 Å². The van der Waals surface area contributed by atoms with E-state index < -0.39 is 0 Å². The lowest BCUT2D eigenvalue weighted by molar-refractivity contribution is 0.0977. The number of aliphatic hydroxyl groups is 1. The van der Waals surface area contributed by atoms with E-state index in [1.54, 1.807) is 0 Å². The van der Waals surface area contributed by atoms with Crippen molar-refractivity contribution in [3.63, 3.8) is 0 Å². The van der Waals surface area contributed by atoms with E-state index >= 15 is 0 Å². The number of hydrogen-bond donors (Lipinski definition) is 1. The normalized spacial score (nSPS) is 41.1. The van der Waals surface area contributed by atoms with Gasteiger partial charge in [0.15, 0.2) is 0 Å². The maximum absolute atomic E-state index is 9.85. The van der Waals surface area contributed by atoms with Crippen LogP contribution in [0.1, 0.15) is 32.6 Å². The average Bonchev–Trinajstić information content (AvgIpc) is 2.76. The predicted molar refractivity (Wildman–Crippen MR) is 66.5 cm³/mol. The third kappa shape index (κ3) is 2.58. The molecule has 1 aliphatic heterocycles. The number of likely N-dealkylation sites (N-methyl/N-ethyl adjacent to an activating group) is 2. The Morgan fingerprint density at radius 1 is 1.38 bits per heavy atom. The largest absolute Gasteiger partial charge is 0.393 e.